The third-order valence-electron chi connectivity index (χ3n) is 7.18. The topological polar surface area (TPSA) is 0 Å². The van der Waals surface area contributed by atoms with Crippen molar-refractivity contribution in [1.82, 2.24) is 0 Å². The molecule has 0 nitrogen and oxygen atoms in total. The average molecular weight is 389 g/mol. The number of rotatable bonds is 6. The summed E-state index contributed by atoms with van der Waals surface area (Å²) in [6.07, 6.45) is 0. The van der Waals surface area contributed by atoms with Crippen LogP contribution in [-0.4, -0.2) is 0 Å². The molecule has 0 aromatic carbocycles. The second-order valence-electron chi connectivity index (χ2n) is 10.8. The van der Waals surface area contributed by atoms with E-state index in [2.05, 4.69) is 111 Å². The molecular weight excluding hydrogens is 324 g/mol. The van der Waals surface area contributed by atoms with Gasteiger partial charge in [-0.05, 0) is 52.8 Å². The maximum absolute atomic E-state index is 2.34. The zero-order chi connectivity index (χ0) is 21.1. The average Bonchev–Trinajstić information content (AvgIpc) is 2.45. The summed E-state index contributed by atoms with van der Waals surface area (Å²) in [6.45, 7) is 36.7. The van der Waals surface area contributed by atoms with Gasteiger partial charge < -0.3 is 0 Å². The highest BCUT2D eigenvalue weighted by atomic mass is 14.3. The van der Waals surface area contributed by atoms with Gasteiger partial charge >= 0.3 is 0 Å². The fourth-order valence-electron chi connectivity index (χ4n) is 2.21. The van der Waals surface area contributed by atoms with Gasteiger partial charge in [0, 0.05) is 0 Å². The van der Waals surface area contributed by atoms with E-state index in [4.69, 9.17) is 0 Å². The summed E-state index contributed by atoms with van der Waals surface area (Å²) in [7, 11) is 0. The molecule has 0 aliphatic heterocycles. The Morgan fingerprint density at radius 2 is 0.519 bits per heavy atom. The monoisotopic (exact) mass is 389 g/mol. The van der Waals surface area contributed by atoms with E-state index in [0.717, 1.165) is 47.3 Å². The number of hydrogen-bond acceptors (Lipinski definition) is 0. The van der Waals surface area contributed by atoms with Gasteiger partial charge in [0.1, 0.15) is 0 Å². The van der Waals surface area contributed by atoms with Crippen LogP contribution in [0.2, 0.25) is 0 Å². The van der Waals surface area contributed by atoms with Crippen molar-refractivity contribution in [2.75, 3.05) is 0 Å². The summed E-state index contributed by atoms with van der Waals surface area (Å²) in [6, 6.07) is 0. The first-order chi connectivity index (χ1) is 11.0. The molecular formula is C27H64. The van der Waals surface area contributed by atoms with Crippen LogP contribution < -0.4 is 0 Å². The highest BCUT2D eigenvalue weighted by Crippen LogP contribution is 2.33. The molecule has 0 spiro atoms. The molecule has 0 aromatic rings. The smallest absolute Gasteiger partial charge is 0.0308 e. The summed E-state index contributed by atoms with van der Waals surface area (Å²) in [5.41, 5.74) is 0.500. The lowest BCUT2D eigenvalue weighted by molar-refractivity contribution is 0.165. The Morgan fingerprint density at radius 1 is 0.370 bits per heavy atom. The van der Waals surface area contributed by atoms with E-state index in [0.29, 0.717) is 5.41 Å². The molecule has 0 fully saturated rings. The van der Waals surface area contributed by atoms with E-state index in [9.17, 15) is 0 Å². The largest absolute Gasteiger partial charge is 0.0776 e. The zero-order valence-electron chi connectivity index (χ0n) is 21.1. The molecule has 0 amide bonds. The van der Waals surface area contributed by atoms with E-state index < -0.39 is 0 Å². The standard InChI is InChI=1S/C9H20.2C8H18.2CH4/c1-7(2)9(5,6)8(3)4;2*1-6(2)8(5)7(3)4;;/h7-8H,1-6H3;2*6-8H,1-5H3;2*1H4. The Balaban J connectivity index is -0.0000000866. The van der Waals surface area contributed by atoms with E-state index in [1.54, 1.807) is 0 Å². The number of hydrogen-bond donors (Lipinski definition) is 0. The molecule has 0 atom stereocenters. The van der Waals surface area contributed by atoms with Crippen molar-refractivity contribution in [3.8, 4) is 0 Å². The highest BCUT2D eigenvalue weighted by molar-refractivity contribution is 4.75. The summed E-state index contributed by atoms with van der Waals surface area (Å²) >= 11 is 0. The van der Waals surface area contributed by atoms with Crippen LogP contribution in [0.15, 0.2) is 0 Å². The minimum Gasteiger partial charge on any atom is -0.0776 e. The molecule has 0 aromatic heterocycles. The molecule has 27 heavy (non-hydrogen) atoms. The molecule has 172 valence electrons. The van der Waals surface area contributed by atoms with E-state index in [1.807, 2.05) is 0 Å². The quantitative estimate of drug-likeness (QED) is 0.424. The van der Waals surface area contributed by atoms with Crippen LogP contribution in [0.1, 0.15) is 126 Å². The summed E-state index contributed by atoms with van der Waals surface area (Å²) in [5.74, 6) is 6.69. The molecule has 0 aliphatic rings. The van der Waals surface area contributed by atoms with Gasteiger partial charge in [0.15, 0.2) is 0 Å². The highest BCUT2D eigenvalue weighted by Gasteiger charge is 2.25. The minimum absolute atomic E-state index is 0. The Kier molecular flexibility index (Phi) is 25.2. The van der Waals surface area contributed by atoms with Crippen molar-refractivity contribution in [3.05, 3.63) is 0 Å². The van der Waals surface area contributed by atoms with E-state index in [-0.39, 0.29) is 14.9 Å². The summed E-state index contributed by atoms with van der Waals surface area (Å²) in [4.78, 5) is 0. The summed E-state index contributed by atoms with van der Waals surface area (Å²) < 4.78 is 0. The SMILES string of the molecule is C.C.CC(C)C(C)(C)C(C)C.CC(C)C(C)C(C)C.CC(C)C(C)C(C)C. The Bertz CT molecular complexity index is 234. The first-order valence-corrected chi connectivity index (χ1v) is 11.0. The Hall–Kier alpha value is 0. The molecule has 0 rings (SSSR count). The van der Waals surface area contributed by atoms with Crippen LogP contribution in [0, 0.1) is 52.8 Å². The maximum Gasteiger partial charge on any atom is -0.0308 e. The fourth-order valence-corrected chi connectivity index (χ4v) is 2.21. The van der Waals surface area contributed by atoms with Gasteiger partial charge in [0.2, 0.25) is 0 Å². The third kappa shape index (κ3) is 19.1. The van der Waals surface area contributed by atoms with Crippen LogP contribution in [0.25, 0.3) is 0 Å². The maximum atomic E-state index is 2.34. The van der Waals surface area contributed by atoms with Crippen LogP contribution in [0.4, 0.5) is 0 Å². The Morgan fingerprint density at radius 3 is 0.519 bits per heavy atom. The second-order valence-corrected chi connectivity index (χ2v) is 10.8. The lowest BCUT2D eigenvalue weighted by atomic mass is 9.72. The first-order valence-electron chi connectivity index (χ1n) is 11.0. The molecule has 0 heteroatoms. The summed E-state index contributed by atoms with van der Waals surface area (Å²) in [5, 5.41) is 0. The van der Waals surface area contributed by atoms with Crippen LogP contribution in [-0.2, 0) is 0 Å². The predicted molar refractivity (Wildman–Crippen MR) is 135 cm³/mol. The molecule has 0 aliphatic carbocycles. The van der Waals surface area contributed by atoms with Crippen LogP contribution in [0.3, 0.4) is 0 Å². The fraction of sp³-hybridized carbons (Fsp3) is 1.00. The predicted octanol–water partition coefficient (Wildman–Crippen LogP) is 10.5. The van der Waals surface area contributed by atoms with Gasteiger partial charge in [-0.15, -0.1) is 0 Å². The molecule has 0 heterocycles. The normalized spacial score (nSPS) is 11.6. The molecule has 0 radical (unpaired) electrons. The lowest BCUT2D eigenvalue weighted by Crippen LogP contribution is -2.25. The van der Waals surface area contributed by atoms with Crippen molar-refractivity contribution >= 4 is 0 Å². The zero-order valence-corrected chi connectivity index (χ0v) is 21.1. The third-order valence-corrected chi connectivity index (χ3v) is 7.18. The van der Waals surface area contributed by atoms with Gasteiger partial charge in [0.25, 0.3) is 0 Å². The van der Waals surface area contributed by atoms with Gasteiger partial charge in [-0.3, -0.25) is 0 Å². The molecule has 0 saturated heterocycles. The van der Waals surface area contributed by atoms with Gasteiger partial charge in [-0.25, -0.2) is 0 Å². The van der Waals surface area contributed by atoms with Gasteiger partial charge in [0.05, 0.1) is 0 Å². The van der Waals surface area contributed by atoms with Gasteiger partial charge in [-0.2, -0.15) is 0 Å². The first kappa shape index (κ1) is 37.7. The van der Waals surface area contributed by atoms with Crippen LogP contribution >= 0.6 is 0 Å². The molecule has 0 N–H and O–H groups in total. The van der Waals surface area contributed by atoms with Crippen molar-refractivity contribution in [2.45, 2.75) is 126 Å². The minimum atomic E-state index is 0. The Labute approximate surface area is 178 Å². The van der Waals surface area contributed by atoms with E-state index >= 15 is 0 Å². The van der Waals surface area contributed by atoms with E-state index in [1.165, 1.54) is 0 Å². The van der Waals surface area contributed by atoms with Crippen LogP contribution in [0.5, 0.6) is 0 Å². The molecule has 0 saturated carbocycles. The van der Waals surface area contributed by atoms with Crippen molar-refractivity contribution in [2.24, 2.45) is 52.8 Å². The van der Waals surface area contributed by atoms with Crippen molar-refractivity contribution in [1.29, 1.82) is 0 Å². The van der Waals surface area contributed by atoms with Crippen molar-refractivity contribution < 1.29 is 0 Å². The second kappa shape index (κ2) is 18.1. The van der Waals surface area contributed by atoms with Crippen molar-refractivity contribution in [3.63, 3.8) is 0 Å². The lowest BCUT2D eigenvalue weighted by Gasteiger charge is -2.33. The molecule has 0 bridgehead atoms. The van der Waals surface area contributed by atoms with Gasteiger partial charge in [-0.1, -0.05) is 126 Å². The molecule has 0 unspecified atom stereocenters.